The predicted octanol–water partition coefficient (Wildman–Crippen LogP) is -0.853. The topological polar surface area (TPSA) is 65.1 Å². The fraction of sp³-hybridized carbons (Fsp3) is 0.333. The second-order valence-corrected chi connectivity index (χ2v) is 1.54. The number of nitrogens with zero attached hydrogens (tertiary/aromatic N) is 2. The van der Waals surface area contributed by atoms with Crippen LogP contribution in [0.15, 0.2) is 0 Å². The van der Waals surface area contributed by atoms with E-state index in [2.05, 4.69) is 17.6 Å². The highest BCUT2D eigenvalue weighted by Crippen LogP contribution is 1.69. The van der Waals surface area contributed by atoms with Crippen molar-refractivity contribution < 1.29 is 0 Å². The molecule has 0 rings (SSSR count). The summed E-state index contributed by atoms with van der Waals surface area (Å²) in [6.45, 7) is 0. The highest BCUT2D eigenvalue weighted by molar-refractivity contribution is 7.80. The van der Waals surface area contributed by atoms with E-state index >= 15 is 0 Å². The van der Waals surface area contributed by atoms with Gasteiger partial charge in [0.25, 0.3) is 0 Å². The van der Waals surface area contributed by atoms with E-state index in [1.807, 2.05) is 0 Å². The van der Waals surface area contributed by atoms with Crippen LogP contribution in [-0.4, -0.2) is 17.2 Å². The van der Waals surface area contributed by atoms with E-state index in [0.717, 1.165) is 0 Å². The Labute approximate surface area is 52.8 Å². The van der Waals surface area contributed by atoms with Crippen LogP contribution in [-0.2, 0) is 0 Å². The van der Waals surface area contributed by atoms with Crippen LogP contribution in [0.1, 0.15) is 0 Å². The molecular formula is C3H6N4S. The largest absolute Gasteiger partial charge is 0.375 e. The summed E-state index contributed by atoms with van der Waals surface area (Å²) in [7, 11) is 1.56. The summed E-state index contributed by atoms with van der Waals surface area (Å²) < 4.78 is 0. The molecule has 0 unspecified atom stereocenters. The molecule has 0 spiro atoms. The van der Waals surface area contributed by atoms with Crippen LogP contribution < -0.4 is 11.2 Å². The highest BCUT2D eigenvalue weighted by atomic mass is 32.1. The van der Waals surface area contributed by atoms with Gasteiger partial charge in [0.2, 0.25) is 0 Å². The lowest BCUT2D eigenvalue weighted by molar-refractivity contribution is 0.446. The van der Waals surface area contributed by atoms with Crippen LogP contribution in [0, 0.1) is 11.5 Å². The quantitative estimate of drug-likeness (QED) is 0.209. The molecule has 0 aliphatic rings. The molecule has 0 aliphatic carbocycles. The van der Waals surface area contributed by atoms with Gasteiger partial charge in [-0.1, -0.05) is 0 Å². The summed E-state index contributed by atoms with van der Waals surface area (Å²) >= 11 is 4.47. The lowest BCUT2D eigenvalue weighted by Crippen LogP contribution is -2.39. The third-order valence-corrected chi connectivity index (χ3v) is 0.822. The molecule has 5 heteroatoms. The Kier molecular flexibility index (Phi) is 2.66. The number of rotatable bonds is 1. The van der Waals surface area contributed by atoms with Crippen LogP contribution in [0.5, 0.6) is 0 Å². The Morgan fingerprint density at radius 1 is 2.00 bits per heavy atom. The Balaban J connectivity index is 3.52. The van der Waals surface area contributed by atoms with Gasteiger partial charge in [-0.3, -0.25) is 5.01 Å². The average molecular weight is 130 g/mol. The maximum absolute atomic E-state index is 7.97. The lowest BCUT2D eigenvalue weighted by Gasteiger charge is -2.11. The molecule has 4 nitrogen and oxygen atoms in total. The molecule has 44 valence electrons. The first kappa shape index (κ1) is 6.98. The number of hydrazine groups is 1. The highest BCUT2D eigenvalue weighted by Gasteiger charge is 1.91. The normalized spacial score (nSPS) is 7.00. The third kappa shape index (κ3) is 2.21. The van der Waals surface area contributed by atoms with Crippen molar-refractivity contribution in [3.63, 3.8) is 0 Å². The zero-order valence-electron chi connectivity index (χ0n) is 4.38. The number of nitrogens with one attached hydrogen (secondary N) is 1. The van der Waals surface area contributed by atoms with Crippen molar-refractivity contribution in [2.75, 3.05) is 7.05 Å². The number of nitriles is 1. The minimum Gasteiger partial charge on any atom is -0.375 e. The Morgan fingerprint density at radius 2 is 2.50 bits per heavy atom. The SMILES string of the molecule is CN(NC#N)C(N)=S. The van der Waals surface area contributed by atoms with Gasteiger partial charge in [0.1, 0.15) is 0 Å². The molecule has 0 aliphatic heterocycles. The Hall–Kier alpha value is -1.02. The number of hydrogen-bond acceptors (Lipinski definition) is 3. The zero-order chi connectivity index (χ0) is 6.57. The third-order valence-electron chi connectivity index (χ3n) is 0.548. The van der Waals surface area contributed by atoms with Gasteiger partial charge >= 0.3 is 0 Å². The van der Waals surface area contributed by atoms with E-state index in [1.165, 1.54) is 5.01 Å². The maximum Gasteiger partial charge on any atom is 0.197 e. The molecule has 8 heavy (non-hydrogen) atoms. The van der Waals surface area contributed by atoms with Crippen molar-refractivity contribution in [1.82, 2.24) is 10.4 Å². The molecule has 0 saturated carbocycles. The molecule has 0 amide bonds. The Bertz CT molecular complexity index is 126. The van der Waals surface area contributed by atoms with E-state index < -0.39 is 0 Å². The predicted molar refractivity (Wildman–Crippen MR) is 33.3 cm³/mol. The van der Waals surface area contributed by atoms with Gasteiger partial charge in [0, 0.05) is 7.05 Å². The van der Waals surface area contributed by atoms with Gasteiger partial charge in [-0.25, -0.2) is 5.43 Å². The molecule has 0 aromatic heterocycles. The molecule has 0 saturated heterocycles. The van der Waals surface area contributed by atoms with Gasteiger partial charge in [-0.15, -0.1) is 0 Å². The smallest absolute Gasteiger partial charge is 0.197 e. The number of nitrogens with two attached hydrogens (primary N) is 1. The zero-order valence-corrected chi connectivity index (χ0v) is 5.20. The molecule has 0 atom stereocenters. The van der Waals surface area contributed by atoms with E-state index in [-0.39, 0.29) is 5.11 Å². The minimum atomic E-state index is 0.145. The van der Waals surface area contributed by atoms with Crippen molar-refractivity contribution in [1.29, 1.82) is 5.26 Å². The van der Waals surface area contributed by atoms with Crippen LogP contribution in [0.4, 0.5) is 0 Å². The first-order valence-corrected chi connectivity index (χ1v) is 2.27. The summed E-state index contributed by atoms with van der Waals surface area (Å²) in [5.41, 5.74) is 7.28. The van der Waals surface area contributed by atoms with Gasteiger partial charge in [-0.2, -0.15) is 5.26 Å². The summed E-state index contributed by atoms with van der Waals surface area (Å²) in [6.07, 6.45) is 1.66. The van der Waals surface area contributed by atoms with Gasteiger partial charge in [-0.05, 0) is 12.2 Å². The number of hydrogen-bond donors (Lipinski definition) is 2. The monoisotopic (exact) mass is 130 g/mol. The molecule has 3 N–H and O–H groups in total. The second-order valence-electron chi connectivity index (χ2n) is 1.12. The van der Waals surface area contributed by atoms with Crippen molar-refractivity contribution in [2.45, 2.75) is 0 Å². The average Bonchev–Trinajstić information content (AvgIpc) is 1.67. The van der Waals surface area contributed by atoms with Crippen molar-refractivity contribution >= 4 is 17.3 Å². The van der Waals surface area contributed by atoms with E-state index in [0.29, 0.717) is 0 Å². The van der Waals surface area contributed by atoms with Crippen LogP contribution in [0.3, 0.4) is 0 Å². The fourth-order valence-corrected chi connectivity index (χ4v) is 0.176. The first-order valence-electron chi connectivity index (χ1n) is 1.86. The van der Waals surface area contributed by atoms with E-state index in [9.17, 15) is 0 Å². The molecule has 0 heterocycles. The minimum absolute atomic E-state index is 0.145. The summed E-state index contributed by atoms with van der Waals surface area (Å²) in [5.74, 6) is 0. The molecule has 0 bridgehead atoms. The summed E-state index contributed by atoms with van der Waals surface area (Å²) in [5, 5.41) is 9.36. The van der Waals surface area contributed by atoms with Crippen LogP contribution in [0.25, 0.3) is 0 Å². The maximum atomic E-state index is 7.97. The van der Waals surface area contributed by atoms with Gasteiger partial charge < -0.3 is 5.73 Å². The fourth-order valence-electron chi connectivity index (χ4n) is 0.130. The van der Waals surface area contributed by atoms with E-state index in [4.69, 9.17) is 11.0 Å². The van der Waals surface area contributed by atoms with Crippen LogP contribution in [0.2, 0.25) is 0 Å². The summed E-state index contributed by atoms with van der Waals surface area (Å²) in [4.78, 5) is 0. The molecule has 0 aromatic rings. The lowest BCUT2D eigenvalue weighted by atomic mass is 11.0. The standard InChI is InChI=1S/C3H6N4S/c1-7(3(5)8)6-2-4/h6H,1H3,(H2,5,8). The number of thiocarbonyl (C=S) groups is 1. The Morgan fingerprint density at radius 3 is 2.62 bits per heavy atom. The van der Waals surface area contributed by atoms with Crippen molar-refractivity contribution in [3.05, 3.63) is 0 Å². The van der Waals surface area contributed by atoms with Crippen molar-refractivity contribution in [3.8, 4) is 6.19 Å². The first-order chi connectivity index (χ1) is 3.68. The summed E-state index contributed by atoms with van der Waals surface area (Å²) in [6, 6.07) is 0. The van der Waals surface area contributed by atoms with E-state index in [1.54, 1.807) is 13.2 Å². The van der Waals surface area contributed by atoms with Crippen molar-refractivity contribution in [2.24, 2.45) is 5.73 Å². The second kappa shape index (κ2) is 3.04. The molecule has 0 aromatic carbocycles. The van der Waals surface area contributed by atoms with Gasteiger partial charge in [0.05, 0.1) is 0 Å². The molecular weight excluding hydrogens is 124 g/mol. The van der Waals surface area contributed by atoms with Crippen LogP contribution >= 0.6 is 12.2 Å². The van der Waals surface area contributed by atoms with Gasteiger partial charge in [0.15, 0.2) is 11.3 Å². The molecule has 0 radical (unpaired) electrons. The molecule has 0 fully saturated rings.